The summed E-state index contributed by atoms with van der Waals surface area (Å²) < 4.78 is 36.9. The first kappa shape index (κ1) is 17.7. The van der Waals surface area contributed by atoms with Gasteiger partial charge in [0, 0.05) is 18.3 Å². The summed E-state index contributed by atoms with van der Waals surface area (Å²) in [4.78, 5) is 14.3. The molecule has 1 saturated heterocycles. The molecule has 23 heavy (non-hydrogen) atoms. The van der Waals surface area contributed by atoms with E-state index in [0.717, 1.165) is 31.6 Å². The van der Waals surface area contributed by atoms with E-state index in [1.807, 2.05) is 18.7 Å². The maximum absolute atomic E-state index is 13.8. The SMILES string of the molecule is C[C@@H]1CCC[C@@H](C)N1C(=O)CNc1cc(S(C)(=O)=O)ccc1F. The Bertz CT molecular complexity index is 681. The number of hydrogen-bond acceptors (Lipinski definition) is 4. The van der Waals surface area contributed by atoms with Crippen molar-refractivity contribution in [2.24, 2.45) is 0 Å². The fourth-order valence-corrected chi connectivity index (χ4v) is 3.69. The summed E-state index contributed by atoms with van der Waals surface area (Å²) in [6, 6.07) is 3.86. The number of rotatable bonds is 4. The molecular formula is C16H23FN2O3S. The molecule has 0 radical (unpaired) electrons. The highest BCUT2D eigenvalue weighted by Gasteiger charge is 2.28. The maximum Gasteiger partial charge on any atom is 0.242 e. The molecule has 1 aromatic carbocycles. The largest absolute Gasteiger partial charge is 0.374 e. The average molecular weight is 342 g/mol. The van der Waals surface area contributed by atoms with Crippen molar-refractivity contribution < 1.29 is 17.6 Å². The molecule has 0 unspecified atom stereocenters. The summed E-state index contributed by atoms with van der Waals surface area (Å²) in [5.74, 6) is -0.682. The van der Waals surface area contributed by atoms with Crippen LogP contribution in [0.3, 0.4) is 0 Å². The first-order chi connectivity index (χ1) is 10.7. The first-order valence-electron chi connectivity index (χ1n) is 7.75. The minimum atomic E-state index is -3.42. The zero-order chi connectivity index (χ0) is 17.2. The molecule has 5 nitrogen and oxygen atoms in total. The van der Waals surface area contributed by atoms with Gasteiger partial charge in [0.05, 0.1) is 17.1 Å². The number of piperidine rings is 1. The molecule has 1 N–H and O–H groups in total. The molecule has 1 fully saturated rings. The third-order valence-corrected chi connectivity index (χ3v) is 5.39. The summed E-state index contributed by atoms with van der Waals surface area (Å²) in [5.41, 5.74) is 0.0265. The van der Waals surface area contributed by atoms with Gasteiger partial charge in [-0.15, -0.1) is 0 Å². The molecular weight excluding hydrogens is 319 g/mol. The number of sulfone groups is 1. The molecule has 2 rings (SSSR count). The Hall–Kier alpha value is -1.63. The van der Waals surface area contributed by atoms with E-state index in [4.69, 9.17) is 0 Å². The number of amides is 1. The standard InChI is InChI=1S/C16H23FN2O3S/c1-11-5-4-6-12(2)19(11)16(20)10-18-15-9-13(23(3,21)22)7-8-14(15)17/h7-9,11-12,18H,4-6,10H2,1-3H3/t11-,12-/m1/s1. The second-order valence-corrected chi connectivity index (χ2v) is 8.21. The maximum atomic E-state index is 13.8. The van der Waals surface area contributed by atoms with Crippen LogP contribution in [-0.4, -0.2) is 44.1 Å². The second-order valence-electron chi connectivity index (χ2n) is 6.20. The quantitative estimate of drug-likeness (QED) is 0.854. The van der Waals surface area contributed by atoms with Crippen LogP contribution in [0.5, 0.6) is 0 Å². The lowest BCUT2D eigenvalue weighted by molar-refractivity contribution is -0.135. The summed E-state index contributed by atoms with van der Waals surface area (Å²) in [6.45, 7) is 3.97. The van der Waals surface area contributed by atoms with Gasteiger partial charge >= 0.3 is 0 Å². The van der Waals surface area contributed by atoms with E-state index in [9.17, 15) is 17.6 Å². The zero-order valence-electron chi connectivity index (χ0n) is 13.7. The number of hydrogen-bond donors (Lipinski definition) is 1. The Labute approximate surface area is 136 Å². The van der Waals surface area contributed by atoms with Crippen molar-refractivity contribution in [3.63, 3.8) is 0 Å². The van der Waals surface area contributed by atoms with Gasteiger partial charge in [-0.3, -0.25) is 4.79 Å². The molecule has 1 heterocycles. The van der Waals surface area contributed by atoms with Gasteiger partial charge in [-0.25, -0.2) is 12.8 Å². The Morgan fingerprint density at radius 1 is 1.30 bits per heavy atom. The van der Waals surface area contributed by atoms with Crippen LogP contribution in [0.15, 0.2) is 23.1 Å². The van der Waals surface area contributed by atoms with Crippen molar-refractivity contribution in [1.29, 1.82) is 0 Å². The summed E-state index contributed by atoms with van der Waals surface area (Å²) >= 11 is 0. The number of anilines is 1. The van der Waals surface area contributed by atoms with Crippen LogP contribution in [0.25, 0.3) is 0 Å². The molecule has 7 heteroatoms. The molecule has 2 atom stereocenters. The normalized spacial score (nSPS) is 22.0. The van der Waals surface area contributed by atoms with Crippen molar-refractivity contribution in [2.45, 2.75) is 50.1 Å². The predicted molar refractivity (Wildman–Crippen MR) is 87.6 cm³/mol. The molecule has 0 bridgehead atoms. The molecule has 1 aromatic rings. The van der Waals surface area contributed by atoms with Gasteiger partial charge in [-0.2, -0.15) is 0 Å². The summed E-state index contributed by atoms with van der Waals surface area (Å²) in [6.07, 6.45) is 4.10. The molecule has 0 spiro atoms. The average Bonchev–Trinajstić information content (AvgIpc) is 2.45. The van der Waals surface area contributed by atoms with Crippen LogP contribution in [0.1, 0.15) is 33.1 Å². The Kier molecular flexibility index (Phi) is 5.29. The lowest BCUT2D eigenvalue weighted by atomic mass is 9.97. The third kappa shape index (κ3) is 4.22. The highest BCUT2D eigenvalue weighted by atomic mass is 32.2. The number of carbonyl (C=O) groups is 1. The van der Waals surface area contributed by atoms with Crippen LogP contribution < -0.4 is 5.32 Å². The van der Waals surface area contributed by atoms with Gasteiger partial charge in [0.25, 0.3) is 0 Å². The van der Waals surface area contributed by atoms with Crippen molar-refractivity contribution in [3.05, 3.63) is 24.0 Å². The number of carbonyl (C=O) groups excluding carboxylic acids is 1. The Morgan fingerprint density at radius 3 is 2.48 bits per heavy atom. The van der Waals surface area contributed by atoms with Crippen LogP contribution in [0, 0.1) is 5.82 Å². The smallest absolute Gasteiger partial charge is 0.242 e. The number of benzene rings is 1. The summed E-state index contributed by atoms with van der Waals surface area (Å²) in [7, 11) is -3.42. The molecule has 0 aromatic heterocycles. The van der Waals surface area contributed by atoms with Gasteiger partial charge in [-0.1, -0.05) is 0 Å². The third-order valence-electron chi connectivity index (χ3n) is 4.28. The van der Waals surface area contributed by atoms with E-state index >= 15 is 0 Å². The van der Waals surface area contributed by atoms with Gasteiger partial charge in [0.1, 0.15) is 5.82 Å². The second kappa shape index (κ2) is 6.86. The molecule has 0 saturated carbocycles. The van der Waals surface area contributed by atoms with E-state index in [1.165, 1.54) is 12.1 Å². The summed E-state index contributed by atoms with van der Waals surface area (Å²) in [5, 5.41) is 2.73. The molecule has 1 amide bonds. The Morgan fingerprint density at radius 2 is 1.91 bits per heavy atom. The van der Waals surface area contributed by atoms with Crippen LogP contribution in [0.4, 0.5) is 10.1 Å². The van der Waals surface area contributed by atoms with Crippen molar-refractivity contribution >= 4 is 21.4 Å². The van der Waals surface area contributed by atoms with Crippen molar-refractivity contribution in [2.75, 3.05) is 18.1 Å². The lowest BCUT2D eigenvalue weighted by Gasteiger charge is -2.39. The first-order valence-corrected chi connectivity index (χ1v) is 9.64. The number of halogens is 1. The van der Waals surface area contributed by atoms with Crippen LogP contribution in [-0.2, 0) is 14.6 Å². The van der Waals surface area contributed by atoms with Crippen molar-refractivity contribution in [3.8, 4) is 0 Å². The van der Waals surface area contributed by atoms with Crippen LogP contribution in [0.2, 0.25) is 0 Å². The number of likely N-dealkylation sites (tertiary alicyclic amines) is 1. The molecule has 1 aliphatic rings. The van der Waals surface area contributed by atoms with E-state index in [2.05, 4.69) is 5.32 Å². The highest BCUT2D eigenvalue weighted by Crippen LogP contribution is 2.23. The number of nitrogens with zero attached hydrogens (tertiary/aromatic N) is 1. The number of nitrogens with one attached hydrogen (secondary N) is 1. The van der Waals surface area contributed by atoms with Crippen LogP contribution >= 0.6 is 0 Å². The zero-order valence-corrected chi connectivity index (χ0v) is 14.5. The van der Waals surface area contributed by atoms with Crippen molar-refractivity contribution in [1.82, 2.24) is 4.90 Å². The van der Waals surface area contributed by atoms with Gasteiger partial charge in [-0.05, 0) is 51.3 Å². The van der Waals surface area contributed by atoms with E-state index < -0.39 is 15.7 Å². The monoisotopic (exact) mass is 342 g/mol. The molecule has 0 aliphatic carbocycles. The van der Waals surface area contributed by atoms with Gasteiger partial charge < -0.3 is 10.2 Å². The highest BCUT2D eigenvalue weighted by molar-refractivity contribution is 7.90. The lowest BCUT2D eigenvalue weighted by Crippen LogP contribution is -2.49. The predicted octanol–water partition coefficient (Wildman–Crippen LogP) is 2.43. The minimum Gasteiger partial charge on any atom is -0.374 e. The van der Waals surface area contributed by atoms with Gasteiger partial charge in [0.15, 0.2) is 9.84 Å². The Balaban J connectivity index is 2.10. The van der Waals surface area contributed by atoms with Gasteiger partial charge in [0.2, 0.25) is 5.91 Å². The van der Waals surface area contributed by atoms with E-state index in [1.54, 1.807) is 0 Å². The topological polar surface area (TPSA) is 66.5 Å². The molecule has 128 valence electrons. The fourth-order valence-electron chi connectivity index (χ4n) is 3.05. The molecule has 1 aliphatic heterocycles. The van der Waals surface area contributed by atoms with E-state index in [-0.39, 0.29) is 35.1 Å². The minimum absolute atomic E-state index is 0.0218. The van der Waals surface area contributed by atoms with E-state index in [0.29, 0.717) is 0 Å². The fraction of sp³-hybridized carbons (Fsp3) is 0.562.